The summed E-state index contributed by atoms with van der Waals surface area (Å²) in [7, 11) is 0. The summed E-state index contributed by atoms with van der Waals surface area (Å²) in [5, 5.41) is 37.9. The minimum absolute atomic E-state index is 0.0265. The van der Waals surface area contributed by atoms with E-state index in [1.165, 1.54) is 67.3 Å². The van der Waals surface area contributed by atoms with Crippen molar-refractivity contribution in [3.8, 4) is 69.0 Å². The van der Waals surface area contributed by atoms with Crippen LogP contribution in [0.25, 0.3) is 87.0 Å². The Morgan fingerprint density at radius 2 is 0.479 bits per heavy atom. The molecule has 0 N–H and O–H groups in total. The van der Waals surface area contributed by atoms with Crippen LogP contribution in [0.2, 0.25) is 0 Å². The molecular weight excluding hydrogens is 1850 g/mol. The smallest absolute Gasteiger partial charge is 0.339 e. The van der Waals surface area contributed by atoms with Crippen molar-refractivity contribution in [3.05, 3.63) is 376 Å². The lowest BCUT2D eigenvalue weighted by Gasteiger charge is -2.26. The molecule has 0 radical (unpaired) electrons. The zero-order valence-electron chi connectivity index (χ0n) is 77.1. The van der Waals surface area contributed by atoms with Crippen LogP contribution in [0.15, 0.2) is 304 Å². The van der Waals surface area contributed by atoms with Crippen LogP contribution >= 0.6 is 0 Å². The highest BCUT2D eigenvalue weighted by Crippen LogP contribution is 2.57. The molecule has 0 unspecified atom stereocenters. The van der Waals surface area contributed by atoms with Gasteiger partial charge in [-0.3, -0.25) is 0 Å². The highest BCUT2D eigenvalue weighted by molar-refractivity contribution is 6.42. The molecule has 8 heterocycles. The number of hydrogen-bond acceptors (Lipinski definition) is 32. The quantitative estimate of drug-likeness (QED) is 0.0116. The van der Waals surface area contributed by atoms with E-state index < -0.39 is 72.8 Å². The molecule has 0 saturated heterocycles. The predicted octanol–water partition coefficient (Wildman–Crippen LogP) is 18.7. The normalized spacial score (nSPS) is 11.5. The van der Waals surface area contributed by atoms with E-state index in [2.05, 4.69) is 41.2 Å². The maximum absolute atomic E-state index is 16.3. The number of hydrogen-bond donors (Lipinski definition) is 0. The van der Waals surface area contributed by atoms with Crippen LogP contribution in [-0.2, 0) is 71.6 Å². The fraction of sp³-hybridized carbons (Fsp3) is 0.148. The zero-order chi connectivity index (χ0) is 98.6. The maximum atomic E-state index is 16.3. The molecule has 13 aromatic carbocycles. The van der Waals surface area contributed by atoms with E-state index in [0.29, 0.717) is 45.3 Å². The van der Waals surface area contributed by atoms with Gasteiger partial charge in [0.1, 0.15) is 167 Å². The molecule has 0 aliphatic rings. The highest BCUT2D eigenvalue weighted by Gasteiger charge is 2.37. The van der Waals surface area contributed by atoms with Gasteiger partial charge in [-0.2, -0.15) is 0 Å². The molecule has 0 amide bonds. The third-order valence-electron chi connectivity index (χ3n) is 23.7. The van der Waals surface area contributed by atoms with Gasteiger partial charge in [0.2, 0.25) is 0 Å². The third kappa shape index (κ3) is 19.6. The molecule has 144 heavy (non-hydrogen) atoms. The Morgan fingerprint density at radius 1 is 0.257 bits per heavy atom. The maximum Gasteiger partial charge on any atom is 0.339 e. The Labute approximate surface area is 812 Å². The topological polar surface area (TPSA) is 423 Å². The largest absolute Gasteiger partial charge is 0.492 e. The Balaban J connectivity index is 0.723. The first-order valence-electron chi connectivity index (χ1n) is 45.4. The van der Waals surface area contributed by atoms with Gasteiger partial charge in [-0.25, -0.2) is 57.1 Å². The van der Waals surface area contributed by atoms with Crippen molar-refractivity contribution in [1.82, 2.24) is 60.0 Å². The van der Waals surface area contributed by atoms with E-state index in [1.807, 2.05) is 27.7 Å². The van der Waals surface area contributed by atoms with Gasteiger partial charge in [0.15, 0.2) is 0 Å². The highest BCUT2D eigenvalue weighted by atomic mass is 16.6. The second kappa shape index (κ2) is 39.7. The summed E-state index contributed by atoms with van der Waals surface area (Å²) in [5.74, 6) is -2.08. The lowest BCUT2D eigenvalue weighted by atomic mass is 9.82. The summed E-state index contributed by atoms with van der Waals surface area (Å²) in [4.78, 5) is 115. The predicted molar refractivity (Wildman–Crippen MR) is 521 cm³/mol. The van der Waals surface area contributed by atoms with Crippen LogP contribution in [0, 0.1) is 27.7 Å². The first-order valence-corrected chi connectivity index (χ1v) is 45.4. The van der Waals surface area contributed by atoms with Crippen molar-refractivity contribution in [2.24, 2.45) is 0 Å². The van der Waals surface area contributed by atoms with E-state index in [0.717, 1.165) is 43.8 Å². The number of aryl methyl sites for hydroxylation is 4. The number of fused-ring (bicyclic) bond motifs is 6. The standard InChI is InChI=1S/C108H80N12O24/c1-61-41-93(121)141-85-45-73(25-29-77(61)85)129-37-33-117-53-65(109-113-117)57-133-105(125)81-49-89(137-69-17-9-5-10-18-69)99-101-91(139-71-21-13-7-14-22-71)51-83(107(127)135-59-67-55-119(115-111-67)35-39-131-75-27-31-79-63(3)43-95(123)143-87(79)47-75)98-84(108(128)136-60-68-56-120(116-112-68)36-40-132-76-28-32-80-64(4)44-96(124)144-88(80)48-76)52-92(140-72-23-15-8-16-24-72)102(104(98)101)100-90(138-70-19-11-6-12-20-70)50-82(97(81)103(99)100)106(126)134-58-66-54-118(114-110-66)34-38-130-74-26-30-78-62(2)42-94(122)142-86(78)46-74/h5-32,41-56H,33-40,57-60H2,1-4H3. The van der Waals surface area contributed by atoms with Crippen molar-refractivity contribution in [3.63, 3.8) is 0 Å². The SMILES string of the molecule is Cc1cc(=O)oc2cc(OCCn3cc(COC(=O)c4cc(Oc5ccccc5)c5c6c(Oc7ccccc7)cc(C(=O)OCc7cn(CCOc8ccc9c(C)cc(=O)oc9c8)nn7)c7c(C(=O)OCc8cn(CCOc9ccc%10c(C)cc(=O)oc%10c9)nn8)cc(Oc8ccccc8)c(c8c(Oc9ccccc9)cc(C(=O)OCc9cn(CCOc%10ccc%11c(C)cc(=O)oc%11c%10)nn9)c4c58)c76)nn3)ccc12. The van der Waals surface area contributed by atoms with E-state index in [-0.39, 0.29) is 187 Å². The molecule has 21 aromatic rings. The van der Waals surface area contributed by atoms with Crippen LogP contribution in [0.3, 0.4) is 0 Å². The van der Waals surface area contributed by atoms with Crippen LogP contribution < -0.4 is 60.4 Å². The molecular formula is C108H80N12O24. The summed E-state index contributed by atoms with van der Waals surface area (Å²) in [6, 6.07) is 66.3. The molecule has 716 valence electrons. The Hall–Kier alpha value is -19.2. The van der Waals surface area contributed by atoms with E-state index in [1.54, 1.807) is 219 Å². The molecule has 0 saturated carbocycles. The molecule has 36 nitrogen and oxygen atoms in total. The van der Waals surface area contributed by atoms with Gasteiger partial charge >= 0.3 is 46.4 Å². The van der Waals surface area contributed by atoms with Gasteiger partial charge < -0.3 is 74.5 Å². The van der Waals surface area contributed by atoms with Gasteiger partial charge in [-0.15, -0.1) is 20.4 Å². The molecule has 0 aliphatic carbocycles. The minimum Gasteiger partial charge on any atom is -0.492 e. The molecule has 0 atom stereocenters. The molecule has 0 aliphatic heterocycles. The molecule has 0 fully saturated rings. The van der Waals surface area contributed by atoms with Crippen molar-refractivity contribution < 1.29 is 93.7 Å². The average Bonchev–Trinajstić information content (AvgIpc) is 0.720. The number of carbonyl (C=O) groups is 4. The van der Waals surface area contributed by atoms with Crippen molar-refractivity contribution in [2.75, 3.05) is 26.4 Å². The summed E-state index contributed by atoms with van der Waals surface area (Å²) in [6.07, 6.45) is 6.25. The summed E-state index contributed by atoms with van der Waals surface area (Å²) >= 11 is 0. The summed E-state index contributed by atoms with van der Waals surface area (Å²) in [6.45, 7) is 6.09. The lowest BCUT2D eigenvalue weighted by Crippen LogP contribution is -2.14. The second-order valence-corrected chi connectivity index (χ2v) is 33.6. The lowest BCUT2D eigenvalue weighted by molar-refractivity contribution is 0.0453. The molecule has 36 heteroatoms. The molecule has 0 spiro atoms. The number of carbonyl (C=O) groups excluding carboxylic acids is 4. The van der Waals surface area contributed by atoms with E-state index >= 15 is 19.2 Å². The first kappa shape index (κ1) is 91.3. The Bertz CT molecular complexity index is 7820. The van der Waals surface area contributed by atoms with Crippen LogP contribution in [-0.4, -0.2) is 110 Å². The van der Waals surface area contributed by atoms with Crippen molar-refractivity contribution in [1.29, 1.82) is 0 Å². The van der Waals surface area contributed by atoms with E-state index in [9.17, 15) is 19.2 Å². The molecule has 0 bridgehead atoms. The molecule has 21 rings (SSSR count). The van der Waals surface area contributed by atoms with Gasteiger partial charge in [-0.1, -0.05) is 93.6 Å². The number of ether oxygens (including phenoxy) is 12. The number of para-hydroxylation sites is 4. The van der Waals surface area contributed by atoms with Crippen molar-refractivity contribution in [2.45, 2.75) is 80.3 Å². The van der Waals surface area contributed by atoms with Crippen LogP contribution in [0.1, 0.15) is 86.5 Å². The number of esters is 4. The zero-order valence-corrected chi connectivity index (χ0v) is 77.1. The Morgan fingerprint density at radius 3 is 0.701 bits per heavy atom. The summed E-state index contributed by atoms with van der Waals surface area (Å²) < 4.78 is 107. The van der Waals surface area contributed by atoms with Gasteiger partial charge in [0.25, 0.3) is 0 Å². The fourth-order valence-corrected chi connectivity index (χ4v) is 17.1. The minimum atomic E-state index is -1.04. The number of nitrogens with zero attached hydrogens (tertiary/aromatic N) is 12. The Kier molecular flexibility index (Phi) is 25.2. The van der Waals surface area contributed by atoms with Crippen molar-refractivity contribution >= 4 is 111 Å². The summed E-state index contributed by atoms with van der Waals surface area (Å²) in [5.41, 5.74) is 1.87. The average molecular weight is 1930 g/mol. The van der Waals surface area contributed by atoms with Crippen LogP contribution in [0.4, 0.5) is 0 Å². The first-order chi connectivity index (χ1) is 70.2. The van der Waals surface area contributed by atoms with Gasteiger partial charge in [0.05, 0.1) is 73.2 Å². The monoisotopic (exact) mass is 1930 g/mol. The fourth-order valence-electron chi connectivity index (χ4n) is 17.1. The van der Waals surface area contributed by atoms with Gasteiger partial charge in [-0.05, 0) is 171 Å². The van der Waals surface area contributed by atoms with E-state index in [4.69, 9.17) is 74.5 Å². The molecule has 8 aromatic heterocycles. The third-order valence-corrected chi connectivity index (χ3v) is 23.7. The second-order valence-electron chi connectivity index (χ2n) is 33.6. The number of rotatable bonds is 36. The number of benzene rings is 13. The van der Waals surface area contributed by atoms with Gasteiger partial charge in [0, 0.05) is 113 Å². The number of aromatic nitrogens is 12. The van der Waals surface area contributed by atoms with Crippen LogP contribution in [0.5, 0.6) is 69.0 Å².